The van der Waals surface area contributed by atoms with Crippen LogP contribution in [0.25, 0.3) is 98.8 Å². The third kappa shape index (κ3) is 6.52. The quantitative estimate of drug-likeness (QED) is 0.153. The number of hydrogen-bond donors (Lipinski definition) is 0. The van der Waals surface area contributed by atoms with Gasteiger partial charge in [0.25, 0.3) is 0 Å². The van der Waals surface area contributed by atoms with Crippen LogP contribution in [0.15, 0.2) is 249 Å². The fourth-order valence-corrected chi connectivity index (χ4v) is 11.7. The smallest absolute Gasteiger partial charge is 0.164 e. The van der Waals surface area contributed by atoms with Gasteiger partial charge >= 0.3 is 0 Å². The molecule has 13 rings (SSSR count). The van der Waals surface area contributed by atoms with Gasteiger partial charge in [0.1, 0.15) is 0 Å². The maximum atomic E-state index is 5.49. The molecule has 3 nitrogen and oxygen atoms in total. The number of rotatable bonds is 8. The van der Waals surface area contributed by atoms with Crippen molar-refractivity contribution in [3.8, 4) is 78.7 Å². The molecule has 2 aromatic heterocycles. The summed E-state index contributed by atoms with van der Waals surface area (Å²) in [5.41, 5.74) is 16.6. The van der Waals surface area contributed by atoms with Crippen molar-refractivity contribution in [3.63, 3.8) is 0 Å². The van der Waals surface area contributed by atoms with Crippen LogP contribution in [0.3, 0.4) is 0 Å². The summed E-state index contributed by atoms with van der Waals surface area (Å²) in [6.07, 6.45) is 0. The monoisotopic (exact) mass is 883 g/mol. The van der Waals surface area contributed by atoms with Gasteiger partial charge in [-0.1, -0.05) is 224 Å². The van der Waals surface area contributed by atoms with Gasteiger partial charge in [0.2, 0.25) is 0 Å². The van der Waals surface area contributed by atoms with Gasteiger partial charge in [-0.25, -0.2) is 15.0 Å². The van der Waals surface area contributed by atoms with E-state index in [1.54, 1.807) is 0 Å². The van der Waals surface area contributed by atoms with Crippen LogP contribution in [0, 0.1) is 0 Å². The SMILES string of the molecule is c1ccc(-c2ccc(-c3nc(-c4cccc(C5(c6cccc(-c7ccccc7)c6)c6ccccc6-c6ccccc65)c4)nc(-c4cccc5sc6cccc(-c7ccccc7)c6c45)n3)cc2)cc1. The zero-order valence-electron chi connectivity index (χ0n) is 36.9. The second kappa shape index (κ2) is 16.4. The molecule has 4 heteroatoms. The van der Waals surface area contributed by atoms with E-state index in [1.807, 2.05) is 11.3 Å². The molecule has 0 spiro atoms. The first-order valence-corrected chi connectivity index (χ1v) is 23.9. The van der Waals surface area contributed by atoms with E-state index in [0.29, 0.717) is 17.5 Å². The van der Waals surface area contributed by atoms with Gasteiger partial charge in [-0.05, 0) is 91.0 Å². The summed E-state index contributed by atoms with van der Waals surface area (Å²) in [6.45, 7) is 0. The Morgan fingerprint density at radius 1 is 0.265 bits per heavy atom. The summed E-state index contributed by atoms with van der Waals surface area (Å²) < 4.78 is 2.42. The van der Waals surface area contributed by atoms with E-state index >= 15 is 0 Å². The maximum Gasteiger partial charge on any atom is 0.164 e. The minimum absolute atomic E-state index is 0.617. The molecule has 0 N–H and O–H groups in total. The lowest BCUT2D eigenvalue weighted by Crippen LogP contribution is -2.28. The van der Waals surface area contributed by atoms with Gasteiger partial charge in [-0.15, -0.1) is 11.3 Å². The number of thiophene rings is 1. The zero-order chi connectivity index (χ0) is 45.0. The lowest BCUT2D eigenvalue weighted by Gasteiger charge is -2.34. The van der Waals surface area contributed by atoms with Crippen LogP contribution in [-0.4, -0.2) is 15.0 Å². The second-order valence-electron chi connectivity index (χ2n) is 17.4. The first kappa shape index (κ1) is 39.8. The minimum Gasteiger partial charge on any atom is -0.208 e. The fourth-order valence-electron chi connectivity index (χ4n) is 10.6. The van der Waals surface area contributed by atoms with Crippen molar-refractivity contribution in [3.05, 3.63) is 271 Å². The van der Waals surface area contributed by atoms with Crippen LogP contribution in [0.2, 0.25) is 0 Å². The summed E-state index contributed by atoms with van der Waals surface area (Å²) in [5.74, 6) is 1.88. The highest BCUT2D eigenvalue weighted by atomic mass is 32.1. The Labute approximate surface area is 399 Å². The summed E-state index contributed by atoms with van der Waals surface area (Å²) in [4.78, 5) is 16.3. The average molecular weight is 884 g/mol. The van der Waals surface area contributed by atoms with Gasteiger partial charge in [0.15, 0.2) is 17.5 Å². The van der Waals surface area contributed by atoms with Gasteiger partial charge in [-0.2, -0.15) is 0 Å². The minimum atomic E-state index is -0.630. The van der Waals surface area contributed by atoms with Crippen LogP contribution >= 0.6 is 11.3 Å². The van der Waals surface area contributed by atoms with E-state index < -0.39 is 5.41 Å². The van der Waals surface area contributed by atoms with Crippen LogP contribution in [0.4, 0.5) is 0 Å². The predicted molar refractivity (Wildman–Crippen MR) is 283 cm³/mol. The fraction of sp³-hybridized carbons (Fsp3) is 0.0156. The first-order chi connectivity index (χ1) is 33.7. The molecule has 0 amide bonds. The third-order valence-electron chi connectivity index (χ3n) is 13.6. The number of nitrogens with zero attached hydrogens (tertiary/aromatic N) is 3. The van der Waals surface area contributed by atoms with Crippen LogP contribution in [0.5, 0.6) is 0 Å². The maximum absolute atomic E-state index is 5.49. The highest BCUT2D eigenvalue weighted by molar-refractivity contribution is 7.26. The normalized spacial score (nSPS) is 12.5. The van der Waals surface area contributed by atoms with Crippen LogP contribution in [0.1, 0.15) is 22.3 Å². The molecule has 68 heavy (non-hydrogen) atoms. The van der Waals surface area contributed by atoms with E-state index in [9.17, 15) is 0 Å². The molecule has 0 unspecified atom stereocenters. The van der Waals surface area contributed by atoms with E-state index in [-0.39, 0.29) is 0 Å². The topological polar surface area (TPSA) is 38.7 Å². The summed E-state index contributed by atoms with van der Waals surface area (Å²) in [6, 6.07) is 89.5. The third-order valence-corrected chi connectivity index (χ3v) is 14.8. The Morgan fingerprint density at radius 2 is 0.662 bits per heavy atom. The Balaban J connectivity index is 1.05. The van der Waals surface area contributed by atoms with Gasteiger partial charge < -0.3 is 0 Å². The van der Waals surface area contributed by atoms with E-state index in [2.05, 4.69) is 249 Å². The average Bonchev–Trinajstić information content (AvgIpc) is 3.96. The Kier molecular flexibility index (Phi) is 9.59. The summed E-state index contributed by atoms with van der Waals surface area (Å²) >= 11 is 1.81. The van der Waals surface area contributed by atoms with Crippen molar-refractivity contribution in [2.75, 3.05) is 0 Å². The molecule has 0 atom stereocenters. The van der Waals surface area contributed by atoms with Crippen molar-refractivity contribution in [2.45, 2.75) is 5.41 Å². The molecule has 0 saturated carbocycles. The molecule has 0 fully saturated rings. The van der Waals surface area contributed by atoms with E-state index in [0.717, 1.165) is 38.8 Å². The van der Waals surface area contributed by atoms with E-state index in [1.165, 1.54) is 64.9 Å². The number of hydrogen-bond acceptors (Lipinski definition) is 4. The Hall–Kier alpha value is -8.57. The zero-order valence-corrected chi connectivity index (χ0v) is 37.7. The molecule has 10 aromatic carbocycles. The van der Waals surface area contributed by atoms with Crippen molar-refractivity contribution >= 4 is 31.5 Å². The number of benzene rings is 10. The summed E-state index contributed by atoms with van der Waals surface area (Å²) in [7, 11) is 0. The van der Waals surface area contributed by atoms with Crippen LogP contribution in [-0.2, 0) is 5.41 Å². The highest BCUT2D eigenvalue weighted by Gasteiger charge is 2.46. The molecule has 2 heterocycles. The Morgan fingerprint density at radius 3 is 1.28 bits per heavy atom. The lowest BCUT2D eigenvalue weighted by molar-refractivity contribution is 0.769. The molecule has 0 saturated heterocycles. The van der Waals surface area contributed by atoms with Crippen molar-refractivity contribution in [1.82, 2.24) is 15.0 Å². The predicted octanol–water partition coefficient (Wildman–Crippen LogP) is 16.6. The van der Waals surface area contributed by atoms with Crippen molar-refractivity contribution < 1.29 is 0 Å². The van der Waals surface area contributed by atoms with Crippen molar-refractivity contribution in [2.24, 2.45) is 0 Å². The molecule has 0 bridgehead atoms. The molecule has 0 aliphatic heterocycles. The second-order valence-corrected chi connectivity index (χ2v) is 18.5. The van der Waals surface area contributed by atoms with Crippen molar-refractivity contribution in [1.29, 1.82) is 0 Å². The first-order valence-electron chi connectivity index (χ1n) is 23.1. The van der Waals surface area contributed by atoms with Crippen LogP contribution < -0.4 is 0 Å². The number of aromatic nitrogens is 3. The van der Waals surface area contributed by atoms with Gasteiger partial charge in [0, 0.05) is 36.9 Å². The molecule has 1 aliphatic carbocycles. The molecule has 1 aliphatic rings. The molecule has 12 aromatic rings. The molecule has 0 radical (unpaired) electrons. The molecular formula is C64H41N3S. The largest absolute Gasteiger partial charge is 0.208 e. The molecular weight excluding hydrogens is 843 g/mol. The highest BCUT2D eigenvalue weighted by Crippen LogP contribution is 2.56. The van der Waals surface area contributed by atoms with E-state index in [4.69, 9.17) is 15.0 Å². The molecule has 318 valence electrons. The lowest BCUT2D eigenvalue weighted by atomic mass is 9.67. The summed E-state index contributed by atoms with van der Waals surface area (Å²) in [5, 5.41) is 2.37. The van der Waals surface area contributed by atoms with Gasteiger partial charge in [-0.3, -0.25) is 0 Å². The number of fused-ring (bicyclic) bond motifs is 6. The standard InChI is InChI=1S/C64H41N3S/c1-4-18-42(19-5-1)44-36-38-46(39-37-44)61-65-62(67-63(66-61)54-31-17-35-58-60(54)59-51(30-16-34-57(59)68-58)45-22-8-3-9-23-45)48-25-15-27-50(41-48)64(49-26-14-24-47(40-49)43-20-6-2-7-21-43)55-32-12-10-28-52(55)53-29-11-13-33-56(53)64/h1-41H. The Bertz CT molecular complexity index is 3800. The van der Waals surface area contributed by atoms with Gasteiger partial charge in [0.05, 0.1) is 5.41 Å².